The highest BCUT2D eigenvalue weighted by Gasteiger charge is 2.25. The molecule has 27 heavy (non-hydrogen) atoms. The smallest absolute Gasteiger partial charge is 0.310 e. The van der Waals surface area contributed by atoms with Crippen LogP contribution >= 0.6 is 11.3 Å². The van der Waals surface area contributed by atoms with Gasteiger partial charge in [-0.3, -0.25) is 9.59 Å². The van der Waals surface area contributed by atoms with Gasteiger partial charge in [0.25, 0.3) is 0 Å². The molecule has 0 aliphatic heterocycles. The van der Waals surface area contributed by atoms with Crippen molar-refractivity contribution in [1.29, 1.82) is 0 Å². The van der Waals surface area contributed by atoms with Crippen molar-refractivity contribution in [2.75, 3.05) is 6.61 Å². The minimum absolute atomic E-state index is 0.00506. The highest BCUT2D eigenvalue weighted by molar-refractivity contribution is 7.63. The molecule has 6 heteroatoms. The number of hydrogen-bond acceptors (Lipinski definition) is 5. The molecule has 2 aromatic heterocycles. The Morgan fingerprint density at radius 1 is 1.11 bits per heavy atom. The Bertz CT molecular complexity index is 963. The Morgan fingerprint density at radius 2 is 1.78 bits per heavy atom. The van der Waals surface area contributed by atoms with Gasteiger partial charge in [0.15, 0.2) is 18.2 Å². The zero-order chi connectivity index (χ0) is 19.4. The minimum Gasteiger partial charge on any atom is -0.466 e. The summed E-state index contributed by atoms with van der Waals surface area (Å²) in [7, 11) is 0. The average Bonchev–Trinajstić information content (AvgIpc) is 2.98. The summed E-state index contributed by atoms with van der Waals surface area (Å²) < 4.78 is 7.55. The van der Waals surface area contributed by atoms with E-state index in [1.165, 1.54) is 11.3 Å². The summed E-state index contributed by atoms with van der Waals surface area (Å²) in [4.78, 5) is 25.7. The number of nitrogens with zero attached hydrogens (tertiary/aromatic N) is 1. The Kier molecular flexibility index (Phi) is 5.98. The molecule has 1 aromatic carbocycles. The highest BCUT2D eigenvalue weighted by Crippen LogP contribution is 2.31. The third kappa shape index (κ3) is 4.23. The number of aromatic nitrogens is 1. The number of ether oxygens (including phenoxy) is 1. The quantitative estimate of drug-likeness (QED) is 0.276. The van der Waals surface area contributed by atoms with Crippen LogP contribution in [0.2, 0.25) is 0 Å². The number of hydrogen-bond donors (Lipinski definition) is 0. The molecule has 2 heterocycles. The van der Waals surface area contributed by atoms with Crippen molar-refractivity contribution in [3.05, 3.63) is 76.4 Å². The van der Waals surface area contributed by atoms with Crippen molar-refractivity contribution in [2.45, 2.75) is 24.5 Å². The van der Waals surface area contributed by atoms with Gasteiger partial charge < -0.3 is 28.7 Å². The molecule has 3 aromatic rings. The van der Waals surface area contributed by atoms with Crippen LogP contribution in [0.3, 0.4) is 0 Å². The first-order chi connectivity index (χ1) is 13.0. The molecule has 4 nitrogen and oxygen atoms in total. The van der Waals surface area contributed by atoms with Crippen molar-refractivity contribution in [2.24, 2.45) is 0 Å². The number of aryl methyl sites for hydroxylation is 1. The number of carbonyl (C=O) groups excluding carboxylic acids is 2. The molecule has 3 rings (SSSR count). The van der Waals surface area contributed by atoms with Crippen LogP contribution in [0, 0.1) is 6.92 Å². The summed E-state index contributed by atoms with van der Waals surface area (Å²) in [5.74, 6) is -0.508. The number of benzene rings is 1. The van der Waals surface area contributed by atoms with E-state index in [2.05, 4.69) is 0 Å². The molecule has 0 radical (unpaired) electrons. The second kappa shape index (κ2) is 8.41. The maximum atomic E-state index is 13.1. The number of carbonyl (C=O) groups is 2. The van der Waals surface area contributed by atoms with Crippen molar-refractivity contribution < 1.29 is 18.9 Å². The van der Waals surface area contributed by atoms with E-state index in [9.17, 15) is 9.59 Å². The van der Waals surface area contributed by atoms with Crippen LogP contribution in [0.25, 0.3) is 5.69 Å². The monoisotopic (exact) mass is 397 g/mol. The van der Waals surface area contributed by atoms with Crippen molar-refractivity contribution in [1.82, 2.24) is 0 Å². The summed E-state index contributed by atoms with van der Waals surface area (Å²) in [6.07, 6.45) is 3.78. The molecule has 0 fully saturated rings. The van der Waals surface area contributed by atoms with Crippen LogP contribution in [-0.4, -0.2) is 18.4 Å². The first-order valence-electron chi connectivity index (χ1n) is 8.57. The zero-order valence-corrected chi connectivity index (χ0v) is 16.7. The van der Waals surface area contributed by atoms with Crippen molar-refractivity contribution in [3.8, 4) is 5.69 Å². The van der Waals surface area contributed by atoms with Gasteiger partial charge in [0, 0.05) is 23.3 Å². The Balaban J connectivity index is 2.13. The summed E-state index contributed by atoms with van der Waals surface area (Å²) in [5, 5.41) is 0. The van der Waals surface area contributed by atoms with E-state index in [4.69, 9.17) is 17.4 Å². The molecular weight excluding hydrogens is 378 g/mol. The van der Waals surface area contributed by atoms with Crippen LogP contribution in [0.5, 0.6) is 0 Å². The number of rotatable bonds is 6. The molecule has 0 atom stereocenters. The lowest BCUT2D eigenvalue weighted by atomic mass is 10.0. The Morgan fingerprint density at radius 3 is 2.41 bits per heavy atom. The number of pyridine rings is 1. The number of esters is 1. The normalized spacial score (nSPS) is 10.6. The van der Waals surface area contributed by atoms with Gasteiger partial charge in [0.1, 0.15) is 0 Å². The van der Waals surface area contributed by atoms with E-state index >= 15 is 0 Å². The van der Waals surface area contributed by atoms with Gasteiger partial charge in [-0.05, 0) is 28.5 Å². The summed E-state index contributed by atoms with van der Waals surface area (Å²) in [6, 6.07) is 12.9. The van der Waals surface area contributed by atoms with E-state index < -0.39 is 0 Å². The minimum atomic E-state index is -0.374. The SMILES string of the molecule is CCOC(=O)Cc1c(C(=O)c2ccccc2)sc([S-])c1-[n+]1ccc(C)cc1. The van der Waals surface area contributed by atoms with Gasteiger partial charge in [0.05, 0.1) is 13.0 Å². The molecule has 0 aliphatic rings. The zero-order valence-electron chi connectivity index (χ0n) is 15.1. The standard InChI is InChI=1S/C21H19NO3S2/c1-3-25-17(23)13-16-18(22-11-9-14(2)10-12-22)21(26)27-20(16)19(24)15-7-5-4-6-8-15/h4-12H,3,13H2,1-2H3. The largest absolute Gasteiger partial charge is 0.466 e. The lowest BCUT2D eigenvalue weighted by Gasteiger charge is -2.07. The molecule has 0 saturated carbocycles. The van der Waals surface area contributed by atoms with Gasteiger partial charge >= 0.3 is 5.97 Å². The third-order valence-electron chi connectivity index (χ3n) is 4.07. The molecular formula is C21H19NO3S2. The van der Waals surface area contributed by atoms with E-state index in [1.807, 2.05) is 54.2 Å². The fourth-order valence-electron chi connectivity index (χ4n) is 2.77. The summed E-state index contributed by atoms with van der Waals surface area (Å²) in [6.45, 7) is 4.05. The van der Waals surface area contributed by atoms with E-state index in [0.717, 1.165) is 5.56 Å². The van der Waals surface area contributed by atoms with Crippen LogP contribution < -0.4 is 4.57 Å². The lowest BCUT2D eigenvalue weighted by molar-refractivity contribution is -0.598. The topological polar surface area (TPSA) is 47.3 Å². The molecule has 0 saturated heterocycles. The molecule has 0 aliphatic carbocycles. The Labute approximate surface area is 167 Å². The fraction of sp³-hybridized carbons (Fsp3) is 0.190. The van der Waals surface area contributed by atoms with Crippen LogP contribution in [-0.2, 0) is 28.6 Å². The second-order valence-corrected chi connectivity index (χ2v) is 7.69. The maximum Gasteiger partial charge on any atom is 0.310 e. The van der Waals surface area contributed by atoms with Crippen LogP contribution in [0.1, 0.15) is 33.3 Å². The molecule has 0 amide bonds. The molecule has 0 spiro atoms. The molecule has 0 unspecified atom stereocenters. The van der Waals surface area contributed by atoms with Gasteiger partial charge in [-0.25, -0.2) is 0 Å². The summed E-state index contributed by atoms with van der Waals surface area (Å²) in [5.41, 5.74) is 2.99. The van der Waals surface area contributed by atoms with Gasteiger partial charge in [-0.2, -0.15) is 4.57 Å². The van der Waals surface area contributed by atoms with Crippen LogP contribution in [0.15, 0.2) is 59.1 Å². The fourth-order valence-corrected chi connectivity index (χ4v) is 4.26. The Hall–Kier alpha value is -2.57. The average molecular weight is 398 g/mol. The van der Waals surface area contributed by atoms with Gasteiger partial charge in [0.2, 0.25) is 5.69 Å². The van der Waals surface area contributed by atoms with E-state index in [-0.39, 0.29) is 18.2 Å². The predicted molar refractivity (Wildman–Crippen MR) is 106 cm³/mol. The van der Waals surface area contributed by atoms with E-state index in [1.54, 1.807) is 19.1 Å². The molecule has 0 N–H and O–H groups in total. The first-order valence-corrected chi connectivity index (χ1v) is 9.80. The first kappa shape index (κ1) is 19.2. The predicted octanol–water partition coefficient (Wildman–Crippen LogP) is 3.58. The van der Waals surface area contributed by atoms with Gasteiger partial charge in [-0.15, -0.1) is 0 Å². The lowest BCUT2D eigenvalue weighted by Crippen LogP contribution is -2.32. The summed E-state index contributed by atoms with van der Waals surface area (Å²) >= 11 is 6.79. The second-order valence-electron chi connectivity index (χ2n) is 6.01. The van der Waals surface area contributed by atoms with Gasteiger partial charge in [-0.1, -0.05) is 30.3 Å². The van der Waals surface area contributed by atoms with E-state index in [0.29, 0.717) is 32.5 Å². The van der Waals surface area contributed by atoms with Crippen molar-refractivity contribution in [3.63, 3.8) is 0 Å². The number of ketones is 1. The highest BCUT2D eigenvalue weighted by atomic mass is 32.2. The molecule has 0 bridgehead atoms. The maximum absolute atomic E-state index is 13.1. The molecule has 138 valence electrons. The van der Waals surface area contributed by atoms with Crippen molar-refractivity contribution >= 4 is 35.7 Å². The number of thiophene rings is 1. The third-order valence-corrected chi connectivity index (χ3v) is 5.53. The van der Waals surface area contributed by atoms with Crippen LogP contribution in [0.4, 0.5) is 0 Å².